The number of hydrogen-bond donors (Lipinski definition) is 3. The van der Waals surface area contributed by atoms with E-state index in [0.29, 0.717) is 25.9 Å². The van der Waals surface area contributed by atoms with Gasteiger partial charge in [0.05, 0.1) is 25.8 Å². The Morgan fingerprint density at radius 1 is 0.576 bits per heavy atom. The third-order valence-electron chi connectivity index (χ3n) is 10.7. The average molecular weight is 835 g/mol. The van der Waals surface area contributed by atoms with E-state index in [4.69, 9.17) is 19.9 Å². The van der Waals surface area contributed by atoms with E-state index < -0.39 is 47.8 Å². The number of imide groups is 1. The third kappa shape index (κ3) is 30.2. The van der Waals surface area contributed by atoms with E-state index in [1.807, 2.05) is 0 Å². The molecule has 2 atom stereocenters. The molecule has 0 saturated carbocycles. The topological polar surface area (TPSA) is 183 Å². The van der Waals surface area contributed by atoms with Crippen LogP contribution in [0.15, 0.2) is 12.2 Å². The first-order chi connectivity index (χ1) is 28.7. The van der Waals surface area contributed by atoms with E-state index in [2.05, 4.69) is 24.5 Å². The predicted octanol–water partition coefficient (Wildman–Crippen LogP) is 8.89. The number of rotatable bonds is 40. The highest BCUT2D eigenvalue weighted by Crippen LogP contribution is 2.14. The van der Waals surface area contributed by atoms with Crippen molar-refractivity contribution in [3.63, 3.8) is 0 Å². The van der Waals surface area contributed by atoms with Crippen LogP contribution in [0, 0.1) is 0 Å². The smallest absolute Gasteiger partial charge is 0.407 e. The monoisotopic (exact) mass is 835 g/mol. The van der Waals surface area contributed by atoms with Crippen LogP contribution in [0.1, 0.15) is 200 Å². The van der Waals surface area contributed by atoms with E-state index in [1.54, 1.807) is 0 Å². The molecule has 0 fully saturated rings. The van der Waals surface area contributed by atoms with Gasteiger partial charge in [0.2, 0.25) is 5.91 Å². The van der Waals surface area contributed by atoms with Crippen LogP contribution in [0.5, 0.6) is 0 Å². The summed E-state index contributed by atoms with van der Waals surface area (Å²) in [6.45, 7) is 5.18. The molecule has 1 heterocycles. The molecular formula is C46H82N4O9. The fourth-order valence-electron chi connectivity index (χ4n) is 6.95. The maximum atomic E-state index is 13.1. The Kier molecular flexibility index (Phi) is 34.0. The number of carbonyl (C=O) groups excluding carboxylic acids is 6. The number of hydrogen-bond acceptors (Lipinski definition) is 10. The van der Waals surface area contributed by atoms with Crippen molar-refractivity contribution in [2.24, 2.45) is 5.73 Å². The van der Waals surface area contributed by atoms with Gasteiger partial charge in [-0.25, -0.2) is 9.59 Å². The Morgan fingerprint density at radius 3 is 1.53 bits per heavy atom. The SMILES string of the molecule is CCCCCCCCCCCCCCOC(=O)CCC(NC(=O)C(N)CCCCNC(=O)OCCN1C(=O)C=CC1=O)C(=O)OCCCCCCCCCCCCCC. The molecule has 0 aromatic carbocycles. The van der Waals surface area contributed by atoms with E-state index in [9.17, 15) is 28.8 Å². The van der Waals surface area contributed by atoms with Crippen molar-refractivity contribution in [1.82, 2.24) is 15.5 Å². The van der Waals surface area contributed by atoms with E-state index in [0.717, 1.165) is 55.6 Å². The predicted molar refractivity (Wildman–Crippen MR) is 232 cm³/mol. The fourth-order valence-corrected chi connectivity index (χ4v) is 6.95. The molecule has 0 bridgehead atoms. The fraction of sp³-hybridized carbons (Fsp3) is 0.826. The number of amides is 4. The summed E-state index contributed by atoms with van der Waals surface area (Å²) in [6.07, 6.45) is 32.0. The minimum atomic E-state index is -1.02. The maximum absolute atomic E-state index is 13.1. The second-order valence-corrected chi connectivity index (χ2v) is 16.1. The Morgan fingerprint density at radius 2 is 1.03 bits per heavy atom. The summed E-state index contributed by atoms with van der Waals surface area (Å²) in [7, 11) is 0. The molecule has 0 spiro atoms. The number of nitrogens with one attached hydrogen (secondary N) is 2. The molecule has 0 aliphatic carbocycles. The van der Waals surface area contributed by atoms with Crippen molar-refractivity contribution in [2.75, 3.05) is 32.9 Å². The number of esters is 2. The molecule has 1 aliphatic heterocycles. The number of ether oxygens (including phenoxy) is 3. The highest BCUT2D eigenvalue weighted by molar-refractivity contribution is 6.12. The first-order valence-electron chi connectivity index (χ1n) is 23.5. The molecule has 0 saturated heterocycles. The van der Waals surface area contributed by atoms with Gasteiger partial charge >= 0.3 is 18.0 Å². The molecule has 4 amide bonds. The Balaban J connectivity index is 2.38. The van der Waals surface area contributed by atoms with Gasteiger partial charge in [0, 0.05) is 25.1 Å². The van der Waals surface area contributed by atoms with Gasteiger partial charge in [-0.05, 0) is 38.5 Å². The quantitative estimate of drug-likeness (QED) is 0.0233. The van der Waals surface area contributed by atoms with Crippen LogP contribution < -0.4 is 16.4 Å². The summed E-state index contributed by atoms with van der Waals surface area (Å²) in [5.41, 5.74) is 6.17. The van der Waals surface area contributed by atoms with Crippen LogP contribution in [-0.4, -0.2) is 85.6 Å². The standard InChI is InChI=1S/C46H82N4O9/c1-3-5-7-9-11-13-15-17-19-21-23-27-36-57-43(53)33-30-40(45(55)58-37-28-24-22-20-18-16-14-12-10-8-6-4-2)49-44(54)39(47)29-25-26-34-48-46(56)59-38-35-50-41(51)31-32-42(50)52/h31-32,39-40H,3-30,33-38,47H2,1-2H3,(H,48,56)(H,49,54). The van der Waals surface area contributed by atoms with Gasteiger partial charge < -0.3 is 30.6 Å². The normalized spacial score (nSPS) is 13.4. The van der Waals surface area contributed by atoms with E-state index in [-0.39, 0.29) is 39.1 Å². The second-order valence-electron chi connectivity index (χ2n) is 16.1. The number of nitrogens with zero attached hydrogens (tertiary/aromatic N) is 1. The highest BCUT2D eigenvalue weighted by atomic mass is 16.6. The molecule has 0 aromatic heterocycles. The van der Waals surface area contributed by atoms with Gasteiger partial charge in [-0.2, -0.15) is 0 Å². The third-order valence-corrected chi connectivity index (χ3v) is 10.7. The first-order valence-corrected chi connectivity index (χ1v) is 23.5. The molecule has 0 aromatic rings. The number of unbranched alkanes of at least 4 members (excludes halogenated alkanes) is 23. The van der Waals surface area contributed by atoms with Crippen LogP contribution in [0.2, 0.25) is 0 Å². The zero-order valence-corrected chi connectivity index (χ0v) is 37.0. The molecule has 4 N–H and O–H groups in total. The van der Waals surface area contributed by atoms with Crippen molar-refractivity contribution >= 4 is 35.8 Å². The van der Waals surface area contributed by atoms with E-state index >= 15 is 0 Å². The minimum Gasteiger partial charge on any atom is -0.466 e. The summed E-state index contributed by atoms with van der Waals surface area (Å²) < 4.78 is 16.0. The summed E-state index contributed by atoms with van der Waals surface area (Å²) in [6, 6.07) is -1.93. The van der Waals surface area contributed by atoms with Crippen LogP contribution in [0.4, 0.5) is 4.79 Å². The summed E-state index contributed by atoms with van der Waals surface area (Å²) >= 11 is 0. The van der Waals surface area contributed by atoms with Gasteiger partial charge in [0.1, 0.15) is 12.6 Å². The average Bonchev–Trinajstić information content (AvgIpc) is 3.54. The molecule has 0 radical (unpaired) electrons. The second kappa shape index (κ2) is 37.5. The van der Waals surface area contributed by atoms with Gasteiger partial charge in [-0.3, -0.25) is 24.1 Å². The van der Waals surface area contributed by atoms with Crippen molar-refractivity contribution < 1.29 is 43.0 Å². The number of alkyl carbamates (subject to hydrolysis) is 1. The zero-order chi connectivity index (χ0) is 43.2. The minimum absolute atomic E-state index is 0.0311. The Hall–Kier alpha value is -3.48. The molecule has 340 valence electrons. The van der Waals surface area contributed by atoms with Crippen molar-refractivity contribution in [2.45, 2.75) is 212 Å². The lowest BCUT2D eigenvalue weighted by molar-refractivity contribution is -0.149. The van der Waals surface area contributed by atoms with Gasteiger partial charge in [0.15, 0.2) is 0 Å². The van der Waals surface area contributed by atoms with Crippen LogP contribution in [0.25, 0.3) is 0 Å². The Bertz CT molecular complexity index is 1160. The van der Waals surface area contributed by atoms with Crippen LogP contribution in [0.3, 0.4) is 0 Å². The molecular weight excluding hydrogens is 753 g/mol. The molecule has 1 aliphatic rings. The maximum Gasteiger partial charge on any atom is 0.407 e. The lowest BCUT2D eigenvalue weighted by Gasteiger charge is -2.20. The lowest BCUT2D eigenvalue weighted by atomic mass is 10.1. The van der Waals surface area contributed by atoms with Gasteiger partial charge in [0.25, 0.3) is 11.8 Å². The number of carbonyl (C=O) groups is 6. The largest absolute Gasteiger partial charge is 0.466 e. The van der Waals surface area contributed by atoms with Gasteiger partial charge in [-0.1, -0.05) is 155 Å². The summed E-state index contributed by atoms with van der Waals surface area (Å²) in [4.78, 5) is 74.9. The van der Waals surface area contributed by atoms with Crippen molar-refractivity contribution in [3.8, 4) is 0 Å². The molecule has 2 unspecified atom stereocenters. The highest BCUT2D eigenvalue weighted by Gasteiger charge is 2.26. The molecule has 59 heavy (non-hydrogen) atoms. The Labute approximate surface area is 356 Å². The number of nitrogens with two attached hydrogens (primary N) is 1. The lowest BCUT2D eigenvalue weighted by Crippen LogP contribution is -2.49. The summed E-state index contributed by atoms with van der Waals surface area (Å²) in [5, 5.41) is 5.29. The van der Waals surface area contributed by atoms with Crippen molar-refractivity contribution in [1.29, 1.82) is 0 Å². The first kappa shape index (κ1) is 53.5. The van der Waals surface area contributed by atoms with Gasteiger partial charge in [-0.15, -0.1) is 0 Å². The zero-order valence-electron chi connectivity index (χ0n) is 37.0. The van der Waals surface area contributed by atoms with E-state index in [1.165, 1.54) is 116 Å². The van der Waals surface area contributed by atoms with Crippen LogP contribution in [-0.2, 0) is 38.2 Å². The summed E-state index contributed by atoms with van der Waals surface area (Å²) in [5.74, 6) is -2.40. The van der Waals surface area contributed by atoms with Crippen molar-refractivity contribution in [3.05, 3.63) is 12.2 Å². The van der Waals surface area contributed by atoms with Crippen LogP contribution >= 0.6 is 0 Å². The molecule has 1 rings (SSSR count). The molecule has 13 nitrogen and oxygen atoms in total. The molecule has 13 heteroatoms.